The van der Waals surface area contributed by atoms with Crippen LogP contribution in [0, 0.1) is 6.92 Å². The van der Waals surface area contributed by atoms with Crippen molar-refractivity contribution >= 4 is 39.5 Å². The maximum atomic E-state index is 12.0. The van der Waals surface area contributed by atoms with E-state index in [1.54, 1.807) is 13.0 Å². The molecule has 0 aromatic heterocycles. The van der Waals surface area contributed by atoms with E-state index in [1.807, 2.05) is 5.32 Å². The number of nitrogens with two attached hydrogens (primary N) is 2. The number of anilines is 1. The van der Waals surface area contributed by atoms with Gasteiger partial charge in [0, 0.05) is 10.2 Å². The van der Waals surface area contributed by atoms with Gasteiger partial charge < -0.3 is 16.2 Å². The Morgan fingerprint density at radius 1 is 1.35 bits per heavy atom. The lowest BCUT2D eigenvalue weighted by atomic mass is 10.1. The summed E-state index contributed by atoms with van der Waals surface area (Å²) in [4.78, 5) is 33.9. The van der Waals surface area contributed by atoms with Gasteiger partial charge >= 0.3 is 12.0 Å². The Labute approximate surface area is 123 Å². The number of nitrogens with one attached hydrogen (secondary N) is 1. The number of benzene rings is 1. The molecule has 0 radical (unpaired) electrons. The summed E-state index contributed by atoms with van der Waals surface area (Å²) in [7, 11) is 0. The zero-order valence-electron chi connectivity index (χ0n) is 10.9. The fraction of sp³-hybridized carbons (Fsp3) is 0.250. The predicted octanol–water partition coefficient (Wildman–Crippen LogP) is 1.08. The van der Waals surface area contributed by atoms with Crippen LogP contribution in [0.15, 0.2) is 16.6 Å². The number of carbonyl (C=O) groups excluding carboxylic acids is 3. The lowest BCUT2D eigenvalue weighted by Gasteiger charge is -2.14. The number of urea groups is 1. The van der Waals surface area contributed by atoms with Crippen molar-refractivity contribution in [2.75, 3.05) is 5.73 Å². The molecule has 0 aliphatic heterocycles. The molecule has 108 valence electrons. The largest absolute Gasteiger partial charge is 0.449 e. The zero-order valence-corrected chi connectivity index (χ0v) is 12.5. The molecule has 0 fully saturated rings. The third-order valence-corrected chi connectivity index (χ3v) is 2.99. The van der Waals surface area contributed by atoms with Gasteiger partial charge in [-0.25, -0.2) is 9.59 Å². The van der Waals surface area contributed by atoms with E-state index >= 15 is 0 Å². The highest BCUT2D eigenvalue weighted by Crippen LogP contribution is 2.23. The van der Waals surface area contributed by atoms with Crippen molar-refractivity contribution < 1.29 is 19.1 Å². The van der Waals surface area contributed by atoms with Crippen LogP contribution in [0.25, 0.3) is 0 Å². The highest BCUT2D eigenvalue weighted by molar-refractivity contribution is 9.10. The van der Waals surface area contributed by atoms with Gasteiger partial charge in [0.05, 0.1) is 5.56 Å². The van der Waals surface area contributed by atoms with E-state index in [4.69, 9.17) is 16.2 Å². The lowest BCUT2D eigenvalue weighted by Crippen LogP contribution is -2.42. The predicted molar refractivity (Wildman–Crippen MR) is 75.9 cm³/mol. The summed E-state index contributed by atoms with van der Waals surface area (Å²) >= 11 is 3.22. The van der Waals surface area contributed by atoms with Gasteiger partial charge in [-0.2, -0.15) is 0 Å². The van der Waals surface area contributed by atoms with E-state index in [1.165, 1.54) is 13.0 Å². The first kappa shape index (κ1) is 16.0. The Morgan fingerprint density at radius 2 is 1.95 bits per heavy atom. The van der Waals surface area contributed by atoms with Gasteiger partial charge in [0.1, 0.15) is 0 Å². The SMILES string of the molecule is Cc1c(N)cc(Br)cc1C(=O)OC(C)C(=O)NC(N)=O. The second kappa shape index (κ2) is 6.38. The van der Waals surface area contributed by atoms with Gasteiger partial charge in [-0.05, 0) is 31.5 Å². The minimum absolute atomic E-state index is 0.232. The van der Waals surface area contributed by atoms with E-state index in [0.717, 1.165) is 0 Å². The molecule has 1 atom stereocenters. The Kier molecular flexibility index (Phi) is 5.09. The molecule has 1 aromatic carbocycles. The van der Waals surface area contributed by atoms with E-state index < -0.39 is 24.0 Å². The number of imide groups is 1. The van der Waals surface area contributed by atoms with Crippen molar-refractivity contribution in [3.63, 3.8) is 0 Å². The molecule has 5 N–H and O–H groups in total. The molecule has 0 bridgehead atoms. The van der Waals surface area contributed by atoms with Crippen LogP contribution in [0.4, 0.5) is 10.5 Å². The van der Waals surface area contributed by atoms with Crippen LogP contribution in [0.1, 0.15) is 22.8 Å². The second-order valence-corrected chi connectivity index (χ2v) is 4.98. The zero-order chi connectivity index (χ0) is 15.4. The van der Waals surface area contributed by atoms with Crippen LogP contribution in [0.5, 0.6) is 0 Å². The maximum Gasteiger partial charge on any atom is 0.339 e. The van der Waals surface area contributed by atoms with Crippen LogP contribution in [0.3, 0.4) is 0 Å². The van der Waals surface area contributed by atoms with Gasteiger partial charge in [0.25, 0.3) is 5.91 Å². The highest BCUT2D eigenvalue weighted by atomic mass is 79.9. The number of esters is 1. The topological polar surface area (TPSA) is 125 Å². The quantitative estimate of drug-likeness (QED) is 0.559. The number of rotatable bonds is 3. The van der Waals surface area contributed by atoms with Gasteiger partial charge in [-0.3, -0.25) is 10.1 Å². The molecule has 7 nitrogen and oxygen atoms in total. The number of amides is 3. The first-order valence-electron chi connectivity index (χ1n) is 5.59. The Morgan fingerprint density at radius 3 is 2.50 bits per heavy atom. The summed E-state index contributed by atoms with van der Waals surface area (Å²) in [6.45, 7) is 2.99. The molecule has 1 rings (SSSR count). The minimum Gasteiger partial charge on any atom is -0.449 e. The number of ether oxygens (including phenoxy) is 1. The monoisotopic (exact) mass is 343 g/mol. The summed E-state index contributed by atoms with van der Waals surface area (Å²) in [6, 6.07) is 2.17. The van der Waals surface area contributed by atoms with Crippen LogP contribution >= 0.6 is 15.9 Å². The number of nitrogen functional groups attached to an aromatic ring is 1. The molecule has 3 amide bonds. The third-order valence-electron chi connectivity index (χ3n) is 2.53. The smallest absolute Gasteiger partial charge is 0.339 e. The molecule has 1 unspecified atom stereocenters. The van der Waals surface area contributed by atoms with Gasteiger partial charge in [-0.1, -0.05) is 15.9 Å². The number of hydrogen-bond acceptors (Lipinski definition) is 5. The number of primary amides is 1. The first-order chi connectivity index (χ1) is 9.22. The molecule has 0 aliphatic rings. The van der Waals surface area contributed by atoms with Gasteiger partial charge in [-0.15, -0.1) is 0 Å². The van der Waals surface area contributed by atoms with Crippen molar-refractivity contribution in [3.8, 4) is 0 Å². The Hall–Kier alpha value is -2.09. The molecule has 0 aliphatic carbocycles. The average Bonchev–Trinajstić information content (AvgIpc) is 2.32. The molecule has 0 saturated heterocycles. The Bertz CT molecular complexity index is 574. The summed E-state index contributed by atoms with van der Waals surface area (Å²) in [5.41, 5.74) is 11.7. The molecule has 1 aromatic rings. The van der Waals surface area contributed by atoms with Crippen molar-refractivity contribution in [1.29, 1.82) is 0 Å². The fourth-order valence-electron chi connectivity index (χ4n) is 1.41. The van der Waals surface area contributed by atoms with Crippen molar-refractivity contribution in [2.45, 2.75) is 20.0 Å². The standard InChI is InChI=1S/C12H14BrN3O4/c1-5-8(3-7(13)4-9(5)14)11(18)20-6(2)10(17)16-12(15)19/h3-4,6H,14H2,1-2H3,(H3,15,16,17,19). The Balaban J connectivity index is 2.87. The van der Waals surface area contributed by atoms with Crippen LogP contribution < -0.4 is 16.8 Å². The molecular weight excluding hydrogens is 330 g/mol. The fourth-order valence-corrected chi connectivity index (χ4v) is 1.89. The summed E-state index contributed by atoms with van der Waals surface area (Å²) in [5, 5.41) is 1.83. The van der Waals surface area contributed by atoms with Gasteiger partial charge in [0.2, 0.25) is 0 Å². The van der Waals surface area contributed by atoms with Crippen LogP contribution in [-0.2, 0) is 9.53 Å². The molecule has 0 saturated carbocycles. The molecular formula is C12H14BrN3O4. The van der Waals surface area contributed by atoms with E-state index in [0.29, 0.717) is 15.7 Å². The van der Waals surface area contributed by atoms with Crippen LogP contribution in [0.2, 0.25) is 0 Å². The molecule has 20 heavy (non-hydrogen) atoms. The van der Waals surface area contributed by atoms with Crippen molar-refractivity contribution in [3.05, 3.63) is 27.7 Å². The molecule has 0 heterocycles. The van der Waals surface area contributed by atoms with E-state index in [9.17, 15) is 14.4 Å². The van der Waals surface area contributed by atoms with Crippen molar-refractivity contribution in [1.82, 2.24) is 5.32 Å². The number of hydrogen-bond donors (Lipinski definition) is 3. The van der Waals surface area contributed by atoms with Crippen molar-refractivity contribution in [2.24, 2.45) is 5.73 Å². The van der Waals surface area contributed by atoms with Crippen LogP contribution in [-0.4, -0.2) is 24.0 Å². The number of halogens is 1. The van der Waals surface area contributed by atoms with E-state index in [2.05, 4.69) is 15.9 Å². The maximum absolute atomic E-state index is 12.0. The lowest BCUT2D eigenvalue weighted by molar-refractivity contribution is -0.127. The number of carbonyl (C=O) groups is 3. The normalized spacial score (nSPS) is 11.6. The molecule has 0 spiro atoms. The highest BCUT2D eigenvalue weighted by Gasteiger charge is 2.21. The molecule has 8 heteroatoms. The van der Waals surface area contributed by atoms with E-state index in [-0.39, 0.29) is 5.56 Å². The first-order valence-corrected chi connectivity index (χ1v) is 6.38. The summed E-state index contributed by atoms with van der Waals surface area (Å²) < 4.78 is 5.57. The third kappa shape index (κ3) is 3.95. The average molecular weight is 344 g/mol. The summed E-state index contributed by atoms with van der Waals surface area (Å²) in [6.07, 6.45) is -1.16. The van der Waals surface area contributed by atoms with Gasteiger partial charge in [0.15, 0.2) is 6.10 Å². The summed E-state index contributed by atoms with van der Waals surface area (Å²) in [5.74, 6) is -1.52. The second-order valence-electron chi connectivity index (χ2n) is 4.07. The minimum atomic E-state index is -1.16.